The summed E-state index contributed by atoms with van der Waals surface area (Å²) in [6.07, 6.45) is 2.92. The smallest absolute Gasteiger partial charge is 0.157 e. The third-order valence-electron chi connectivity index (χ3n) is 2.64. The Hall–Kier alpha value is -2.02. The molecule has 0 fully saturated rings. The molecule has 2 aromatic rings. The molecule has 0 aliphatic rings. The molecule has 2 rings (SSSR count). The Bertz CT molecular complexity index is 699. The third kappa shape index (κ3) is 4.22. The summed E-state index contributed by atoms with van der Waals surface area (Å²) in [7, 11) is 0. The Kier molecular flexibility index (Phi) is 5.21. The number of nitriles is 1. The van der Waals surface area contributed by atoms with Crippen LogP contribution in [0.4, 0.5) is 4.39 Å². The molecule has 0 saturated heterocycles. The zero-order valence-corrected chi connectivity index (χ0v) is 12.3. The zero-order valence-electron chi connectivity index (χ0n) is 10.8. The molecule has 0 N–H and O–H groups in total. The second kappa shape index (κ2) is 7.12. The molecule has 0 spiro atoms. The lowest BCUT2D eigenvalue weighted by Crippen LogP contribution is -1.97. The van der Waals surface area contributed by atoms with E-state index in [9.17, 15) is 4.39 Å². The van der Waals surface area contributed by atoms with Crippen molar-refractivity contribution in [3.63, 3.8) is 0 Å². The fourth-order valence-electron chi connectivity index (χ4n) is 1.73. The minimum Gasteiger partial charge on any atom is -0.486 e. The Morgan fingerprint density at radius 1 is 1.19 bits per heavy atom. The summed E-state index contributed by atoms with van der Waals surface area (Å²) in [6.45, 7) is 0.157. The highest BCUT2D eigenvalue weighted by atomic mass is 35.5. The summed E-state index contributed by atoms with van der Waals surface area (Å²) < 4.78 is 18.6. The van der Waals surface area contributed by atoms with Crippen LogP contribution in [-0.4, -0.2) is 0 Å². The molecule has 0 atom stereocenters. The van der Waals surface area contributed by atoms with Crippen LogP contribution >= 0.6 is 23.2 Å². The minimum atomic E-state index is -0.328. The van der Waals surface area contributed by atoms with Gasteiger partial charge in [-0.3, -0.25) is 0 Å². The SMILES string of the molecule is N#C/C=C/c1cc(Cl)c(OCc2cccc(F)c2)c(Cl)c1. The van der Waals surface area contributed by atoms with Crippen molar-refractivity contribution in [1.82, 2.24) is 0 Å². The molecule has 0 radical (unpaired) electrons. The predicted molar refractivity (Wildman–Crippen MR) is 81.8 cm³/mol. The Morgan fingerprint density at radius 3 is 2.52 bits per heavy atom. The number of nitrogens with zero attached hydrogens (tertiary/aromatic N) is 1. The van der Waals surface area contributed by atoms with Crippen LogP contribution in [-0.2, 0) is 6.61 Å². The van der Waals surface area contributed by atoms with Gasteiger partial charge in [-0.1, -0.05) is 35.3 Å². The van der Waals surface area contributed by atoms with E-state index in [1.54, 1.807) is 30.3 Å². The molecular formula is C16H10Cl2FNO. The summed E-state index contributed by atoms with van der Waals surface area (Å²) in [5, 5.41) is 9.16. The lowest BCUT2D eigenvalue weighted by atomic mass is 10.2. The van der Waals surface area contributed by atoms with Crippen molar-refractivity contribution >= 4 is 29.3 Å². The molecular weight excluding hydrogens is 312 g/mol. The molecule has 5 heteroatoms. The average molecular weight is 322 g/mol. The van der Waals surface area contributed by atoms with Crippen LogP contribution in [0, 0.1) is 17.1 Å². The fourth-order valence-corrected chi connectivity index (χ4v) is 2.34. The molecule has 0 amide bonds. The van der Waals surface area contributed by atoms with Gasteiger partial charge in [-0.05, 0) is 41.5 Å². The number of allylic oxidation sites excluding steroid dienone is 1. The Labute approximate surface area is 132 Å². The lowest BCUT2D eigenvalue weighted by Gasteiger charge is -2.11. The second-order valence-electron chi connectivity index (χ2n) is 4.19. The number of halogens is 3. The molecule has 0 aromatic heterocycles. The quantitative estimate of drug-likeness (QED) is 0.720. The van der Waals surface area contributed by atoms with Gasteiger partial charge in [-0.15, -0.1) is 0 Å². The molecule has 0 unspecified atom stereocenters. The molecule has 2 aromatic carbocycles. The van der Waals surface area contributed by atoms with Gasteiger partial charge >= 0.3 is 0 Å². The van der Waals surface area contributed by atoms with Gasteiger partial charge in [0.2, 0.25) is 0 Å². The first-order valence-corrected chi connectivity index (χ1v) is 6.78. The first-order chi connectivity index (χ1) is 10.1. The van der Waals surface area contributed by atoms with Gasteiger partial charge < -0.3 is 4.74 Å². The maximum Gasteiger partial charge on any atom is 0.157 e. The van der Waals surface area contributed by atoms with Crippen molar-refractivity contribution < 1.29 is 9.13 Å². The van der Waals surface area contributed by atoms with E-state index >= 15 is 0 Å². The fraction of sp³-hybridized carbons (Fsp3) is 0.0625. The van der Waals surface area contributed by atoms with Gasteiger partial charge in [0.05, 0.1) is 16.1 Å². The van der Waals surface area contributed by atoms with Crippen molar-refractivity contribution in [2.45, 2.75) is 6.61 Å². The molecule has 21 heavy (non-hydrogen) atoms. The van der Waals surface area contributed by atoms with Crippen molar-refractivity contribution in [2.75, 3.05) is 0 Å². The van der Waals surface area contributed by atoms with E-state index in [1.165, 1.54) is 18.2 Å². The van der Waals surface area contributed by atoms with Crippen molar-refractivity contribution in [3.05, 3.63) is 69.5 Å². The molecule has 0 aliphatic carbocycles. The maximum absolute atomic E-state index is 13.1. The second-order valence-corrected chi connectivity index (χ2v) is 5.01. The molecule has 0 heterocycles. The van der Waals surface area contributed by atoms with Crippen LogP contribution in [0.25, 0.3) is 6.08 Å². The first-order valence-electron chi connectivity index (χ1n) is 6.02. The van der Waals surface area contributed by atoms with Gasteiger partial charge in [0, 0.05) is 6.08 Å². The number of hydrogen-bond donors (Lipinski definition) is 0. The standard InChI is InChI=1S/C16H10Cl2FNO/c17-14-8-11(4-2-6-20)9-15(18)16(14)21-10-12-3-1-5-13(19)7-12/h1-5,7-9H,10H2/b4-2+. The topological polar surface area (TPSA) is 33.0 Å². The monoisotopic (exact) mass is 321 g/mol. The van der Waals surface area contributed by atoms with Crippen LogP contribution in [0.1, 0.15) is 11.1 Å². The van der Waals surface area contributed by atoms with Gasteiger partial charge in [0.25, 0.3) is 0 Å². The Balaban J connectivity index is 2.17. The van der Waals surface area contributed by atoms with E-state index < -0.39 is 0 Å². The van der Waals surface area contributed by atoms with E-state index in [0.29, 0.717) is 26.9 Å². The molecule has 106 valence electrons. The van der Waals surface area contributed by atoms with Gasteiger partial charge in [-0.2, -0.15) is 5.26 Å². The average Bonchev–Trinajstić information content (AvgIpc) is 2.44. The summed E-state index contributed by atoms with van der Waals surface area (Å²) in [4.78, 5) is 0. The van der Waals surface area contributed by atoms with Crippen molar-refractivity contribution in [1.29, 1.82) is 5.26 Å². The minimum absolute atomic E-state index is 0.157. The molecule has 0 saturated carbocycles. The summed E-state index contributed by atoms with van der Waals surface area (Å²) >= 11 is 12.2. The lowest BCUT2D eigenvalue weighted by molar-refractivity contribution is 0.306. The highest BCUT2D eigenvalue weighted by Crippen LogP contribution is 2.35. The predicted octanol–water partition coefficient (Wildman–Crippen LogP) is 5.25. The van der Waals surface area contributed by atoms with Crippen LogP contribution in [0.15, 0.2) is 42.5 Å². The van der Waals surface area contributed by atoms with Crippen LogP contribution in [0.5, 0.6) is 5.75 Å². The molecule has 0 aliphatic heterocycles. The van der Waals surface area contributed by atoms with Crippen LogP contribution < -0.4 is 4.74 Å². The van der Waals surface area contributed by atoms with Gasteiger partial charge in [0.15, 0.2) is 5.75 Å². The summed E-state index contributed by atoms with van der Waals surface area (Å²) in [5.74, 6) is 0.00184. The van der Waals surface area contributed by atoms with Crippen molar-refractivity contribution in [2.24, 2.45) is 0 Å². The van der Waals surface area contributed by atoms with E-state index in [1.807, 2.05) is 6.07 Å². The zero-order chi connectivity index (χ0) is 15.2. The molecule has 2 nitrogen and oxygen atoms in total. The maximum atomic E-state index is 13.1. The van der Waals surface area contributed by atoms with Crippen LogP contribution in [0.3, 0.4) is 0 Å². The van der Waals surface area contributed by atoms with E-state index in [0.717, 1.165) is 0 Å². The van der Waals surface area contributed by atoms with Gasteiger partial charge in [-0.25, -0.2) is 4.39 Å². The van der Waals surface area contributed by atoms with E-state index in [-0.39, 0.29) is 12.4 Å². The molecule has 0 bridgehead atoms. The normalized spacial score (nSPS) is 10.6. The van der Waals surface area contributed by atoms with E-state index in [2.05, 4.69) is 0 Å². The van der Waals surface area contributed by atoms with Gasteiger partial charge in [0.1, 0.15) is 12.4 Å². The van der Waals surface area contributed by atoms with Crippen molar-refractivity contribution in [3.8, 4) is 11.8 Å². The largest absolute Gasteiger partial charge is 0.486 e. The number of rotatable bonds is 4. The number of ether oxygens (including phenoxy) is 1. The number of benzene rings is 2. The third-order valence-corrected chi connectivity index (χ3v) is 3.20. The highest BCUT2D eigenvalue weighted by molar-refractivity contribution is 6.37. The Morgan fingerprint density at radius 2 is 1.90 bits per heavy atom. The summed E-state index contributed by atoms with van der Waals surface area (Å²) in [5.41, 5.74) is 1.38. The summed E-state index contributed by atoms with van der Waals surface area (Å²) in [6, 6.07) is 11.3. The van der Waals surface area contributed by atoms with Crippen LogP contribution in [0.2, 0.25) is 10.0 Å². The number of hydrogen-bond acceptors (Lipinski definition) is 2. The highest BCUT2D eigenvalue weighted by Gasteiger charge is 2.09. The van der Waals surface area contributed by atoms with E-state index in [4.69, 9.17) is 33.2 Å². The first kappa shape index (κ1) is 15.4.